The largest absolute Gasteiger partial charge is 0.392 e. The van der Waals surface area contributed by atoms with Crippen LogP contribution in [0.15, 0.2) is 54.6 Å². The monoisotopic (exact) mass is 466 g/mol. The molecular formula is C26H31FN4O3. The number of amides is 1. The maximum atomic E-state index is 13.6. The predicted octanol–water partition coefficient (Wildman–Crippen LogP) is 3.60. The number of aromatic nitrogens is 1. The highest BCUT2D eigenvalue weighted by Gasteiger charge is 2.19. The Balaban J connectivity index is 1.89. The number of benzene rings is 2. The van der Waals surface area contributed by atoms with Crippen LogP contribution in [-0.4, -0.2) is 45.3 Å². The Morgan fingerprint density at radius 3 is 2.50 bits per heavy atom. The van der Waals surface area contributed by atoms with Crippen molar-refractivity contribution in [3.8, 4) is 11.1 Å². The van der Waals surface area contributed by atoms with Gasteiger partial charge in [-0.15, -0.1) is 0 Å². The molecule has 0 radical (unpaired) electrons. The molecule has 0 bridgehead atoms. The number of fused-ring (bicyclic) bond motifs is 1. The molecule has 1 heterocycles. The number of carbonyl (C=O) groups is 1. The van der Waals surface area contributed by atoms with Crippen molar-refractivity contribution >= 4 is 28.7 Å². The zero-order valence-corrected chi connectivity index (χ0v) is 19.3. The van der Waals surface area contributed by atoms with Gasteiger partial charge >= 0.3 is 0 Å². The van der Waals surface area contributed by atoms with E-state index in [9.17, 15) is 19.4 Å². The fraction of sp³-hybridized carbons (Fsp3) is 0.308. The number of para-hydroxylation sites is 1. The lowest BCUT2D eigenvalue weighted by Gasteiger charge is -2.15. The molecule has 0 aliphatic carbocycles. The Hall–Kier alpha value is -3.49. The quantitative estimate of drug-likeness (QED) is 0.231. The summed E-state index contributed by atoms with van der Waals surface area (Å²) in [4.78, 5) is 11.8. The molecule has 0 unspecified atom stereocenters. The summed E-state index contributed by atoms with van der Waals surface area (Å²) in [5, 5.41) is 31.3. The minimum absolute atomic E-state index is 0.0300. The van der Waals surface area contributed by atoms with Gasteiger partial charge in [-0.1, -0.05) is 36.4 Å². The first-order valence-corrected chi connectivity index (χ1v) is 11.2. The van der Waals surface area contributed by atoms with Gasteiger partial charge in [0.15, 0.2) is 0 Å². The molecule has 2 aromatic carbocycles. The molecule has 6 N–H and O–H groups in total. The molecule has 0 fully saturated rings. The Morgan fingerprint density at radius 2 is 1.85 bits per heavy atom. The van der Waals surface area contributed by atoms with E-state index in [-0.39, 0.29) is 37.1 Å². The standard InChI is InChI=1S/C26H31FN4O3/c1-16(2)31-22-6-4-3-5-21(22)26(17-7-9-18(27)10-8-17)23(31)12-11-19(32)13-20(33)14-25(34)30-15-24(28)29/h3-12,16,19-20,32-33H,13-15H2,1-2H3,(H3,28,29)(H,30,34)/b12-11+/t19-,20-/m0/s1. The van der Waals surface area contributed by atoms with Crippen LogP contribution in [0.3, 0.4) is 0 Å². The first kappa shape index (κ1) is 25.1. The van der Waals surface area contributed by atoms with Gasteiger partial charge in [-0.05, 0) is 43.7 Å². The number of halogens is 1. The molecule has 8 heteroatoms. The van der Waals surface area contributed by atoms with Crippen LogP contribution in [0.4, 0.5) is 4.39 Å². The number of aliphatic hydroxyl groups is 2. The van der Waals surface area contributed by atoms with Crippen molar-refractivity contribution in [1.29, 1.82) is 5.41 Å². The minimum atomic E-state index is -1.06. The summed E-state index contributed by atoms with van der Waals surface area (Å²) in [7, 11) is 0. The number of rotatable bonds is 10. The number of amidine groups is 1. The molecule has 1 aromatic heterocycles. The fourth-order valence-corrected chi connectivity index (χ4v) is 4.05. The number of nitrogens with two attached hydrogens (primary N) is 1. The molecule has 3 rings (SSSR count). The Bertz CT molecular complexity index is 1180. The molecule has 0 saturated heterocycles. The molecule has 0 spiro atoms. The smallest absolute Gasteiger partial charge is 0.222 e. The minimum Gasteiger partial charge on any atom is -0.392 e. The molecule has 3 aromatic rings. The first-order chi connectivity index (χ1) is 16.2. The molecular weight excluding hydrogens is 435 g/mol. The topological polar surface area (TPSA) is 124 Å². The van der Waals surface area contributed by atoms with Crippen LogP contribution in [0.2, 0.25) is 0 Å². The zero-order chi connectivity index (χ0) is 24.8. The molecule has 0 saturated carbocycles. The summed E-state index contributed by atoms with van der Waals surface area (Å²) in [6.45, 7) is 4.05. The second-order valence-electron chi connectivity index (χ2n) is 8.57. The number of hydrogen-bond donors (Lipinski definition) is 5. The van der Waals surface area contributed by atoms with E-state index in [4.69, 9.17) is 11.1 Å². The molecule has 0 aliphatic heterocycles. The predicted molar refractivity (Wildman–Crippen MR) is 133 cm³/mol. The van der Waals surface area contributed by atoms with E-state index < -0.39 is 18.1 Å². The highest BCUT2D eigenvalue weighted by atomic mass is 19.1. The molecule has 34 heavy (non-hydrogen) atoms. The van der Waals surface area contributed by atoms with Gasteiger partial charge in [0.05, 0.1) is 25.2 Å². The van der Waals surface area contributed by atoms with Crippen molar-refractivity contribution in [2.24, 2.45) is 5.73 Å². The maximum Gasteiger partial charge on any atom is 0.222 e. The van der Waals surface area contributed by atoms with E-state index >= 15 is 0 Å². The zero-order valence-electron chi connectivity index (χ0n) is 19.3. The lowest BCUT2D eigenvalue weighted by atomic mass is 10.0. The van der Waals surface area contributed by atoms with Gasteiger partial charge < -0.3 is 25.8 Å². The second kappa shape index (κ2) is 11.1. The lowest BCUT2D eigenvalue weighted by molar-refractivity contribution is -0.122. The van der Waals surface area contributed by atoms with E-state index in [2.05, 4.69) is 23.7 Å². The van der Waals surface area contributed by atoms with Crippen LogP contribution >= 0.6 is 0 Å². The SMILES string of the molecule is CC(C)n1c(/C=C/[C@H](O)C[C@H](O)CC(=O)NCC(=N)N)c(-c2ccc(F)cc2)c2ccccc21. The second-order valence-corrected chi connectivity index (χ2v) is 8.57. The molecule has 7 nitrogen and oxygen atoms in total. The highest BCUT2D eigenvalue weighted by molar-refractivity contribution is 6.01. The Labute approximate surface area is 198 Å². The van der Waals surface area contributed by atoms with Crippen molar-refractivity contribution in [3.63, 3.8) is 0 Å². The Kier molecular flexibility index (Phi) is 8.20. The Morgan fingerprint density at radius 1 is 1.18 bits per heavy atom. The molecule has 1 amide bonds. The van der Waals surface area contributed by atoms with Gasteiger partial charge in [0, 0.05) is 34.6 Å². The van der Waals surface area contributed by atoms with Crippen LogP contribution in [0.5, 0.6) is 0 Å². The summed E-state index contributed by atoms with van der Waals surface area (Å²) in [5.74, 6) is -0.939. The van der Waals surface area contributed by atoms with Gasteiger partial charge in [0.25, 0.3) is 0 Å². The average molecular weight is 467 g/mol. The molecule has 0 aliphatic rings. The number of hydrogen-bond acceptors (Lipinski definition) is 4. The number of aliphatic hydroxyl groups excluding tert-OH is 2. The number of nitrogens with one attached hydrogen (secondary N) is 2. The van der Waals surface area contributed by atoms with Crippen LogP contribution in [-0.2, 0) is 4.79 Å². The van der Waals surface area contributed by atoms with Gasteiger partial charge in [-0.25, -0.2) is 4.39 Å². The average Bonchev–Trinajstić information content (AvgIpc) is 3.11. The summed E-state index contributed by atoms with van der Waals surface area (Å²) >= 11 is 0. The summed E-state index contributed by atoms with van der Waals surface area (Å²) in [6.07, 6.45) is 1.13. The van der Waals surface area contributed by atoms with Crippen molar-refractivity contribution < 1.29 is 19.4 Å². The highest BCUT2D eigenvalue weighted by Crippen LogP contribution is 2.38. The normalized spacial score (nSPS) is 13.5. The third-order valence-electron chi connectivity index (χ3n) is 5.48. The number of nitrogens with zero attached hydrogens (tertiary/aromatic N) is 1. The van der Waals surface area contributed by atoms with E-state index in [0.717, 1.165) is 27.7 Å². The fourth-order valence-electron chi connectivity index (χ4n) is 4.05. The van der Waals surface area contributed by atoms with Crippen molar-refractivity contribution in [1.82, 2.24) is 9.88 Å². The van der Waals surface area contributed by atoms with Crippen molar-refractivity contribution in [3.05, 3.63) is 66.1 Å². The van der Waals surface area contributed by atoms with Crippen LogP contribution < -0.4 is 11.1 Å². The van der Waals surface area contributed by atoms with Gasteiger partial charge in [-0.3, -0.25) is 10.2 Å². The lowest BCUT2D eigenvalue weighted by Crippen LogP contribution is -2.35. The van der Waals surface area contributed by atoms with E-state index in [1.165, 1.54) is 12.1 Å². The summed E-state index contributed by atoms with van der Waals surface area (Å²) in [5.41, 5.74) is 8.87. The van der Waals surface area contributed by atoms with Crippen molar-refractivity contribution in [2.45, 2.75) is 44.9 Å². The van der Waals surface area contributed by atoms with E-state index in [0.29, 0.717) is 0 Å². The van der Waals surface area contributed by atoms with E-state index in [1.54, 1.807) is 18.2 Å². The maximum absolute atomic E-state index is 13.6. The third kappa shape index (κ3) is 6.09. The number of carbonyl (C=O) groups excluding carboxylic acids is 1. The van der Waals surface area contributed by atoms with Crippen molar-refractivity contribution in [2.75, 3.05) is 6.54 Å². The molecule has 180 valence electrons. The molecule has 2 atom stereocenters. The summed E-state index contributed by atoms with van der Waals surface area (Å²) in [6, 6.07) is 14.4. The van der Waals surface area contributed by atoms with Crippen LogP contribution in [0, 0.1) is 11.2 Å². The van der Waals surface area contributed by atoms with Gasteiger partial charge in [-0.2, -0.15) is 0 Å². The third-order valence-corrected chi connectivity index (χ3v) is 5.48. The summed E-state index contributed by atoms with van der Waals surface area (Å²) < 4.78 is 15.7. The van der Waals surface area contributed by atoms with Crippen LogP contribution in [0.25, 0.3) is 28.1 Å². The van der Waals surface area contributed by atoms with E-state index in [1.807, 2.05) is 30.3 Å². The van der Waals surface area contributed by atoms with Gasteiger partial charge in [0.1, 0.15) is 11.7 Å². The van der Waals surface area contributed by atoms with Crippen LogP contribution in [0.1, 0.15) is 38.4 Å². The van der Waals surface area contributed by atoms with Gasteiger partial charge in [0.2, 0.25) is 5.91 Å². The first-order valence-electron chi connectivity index (χ1n) is 11.2.